The fourth-order valence-corrected chi connectivity index (χ4v) is 2.20. The highest BCUT2D eigenvalue weighted by atomic mass is 79.9. The Bertz CT molecular complexity index is 699. The number of halogens is 1. The zero-order valence-electron chi connectivity index (χ0n) is 13.2. The van der Waals surface area contributed by atoms with E-state index in [9.17, 15) is 4.79 Å². The number of nitrogens with two attached hydrogens (primary N) is 1. The number of rotatable bonds is 5. The van der Waals surface area contributed by atoms with Crippen LogP contribution >= 0.6 is 15.9 Å². The molecule has 6 heteroatoms. The van der Waals surface area contributed by atoms with Gasteiger partial charge in [0.25, 0.3) is 5.91 Å². The Kier molecular flexibility index (Phi) is 5.15. The van der Waals surface area contributed by atoms with Gasteiger partial charge in [-0.15, -0.1) is 0 Å². The van der Waals surface area contributed by atoms with E-state index in [1.54, 1.807) is 44.2 Å². The quantitative estimate of drug-likeness (QED) is 0.775. The molecular formula is C17H19BrN2O3. The zero-order valence-corrected chi connectivity index (χ0v) is 14.8. The third-order valence-corrected chi connectivity index (χ3v) is 3.73. The molecule has 122 valence electrons. The van der Waals surface area contributed by atoms with Crippen LogP contribution in [-0.2, 0) is 4.79 Å². The van der Waals surface area contributed by atoms with Crippen molar-refractivity contribution in [2.24, 2.45) is 0 Å². The largest absolute Gasteiger partial charge is 0.495 e. The predicted octanol–water partition coefficient (Wildman–Crippen LogP) is 3.84. The number of hydrogen-bond acceptors (Lipinski definition) is 4. The molecule has 0 atom stereocenters. The van der Waals surface area contributed by atoms with E-state index in [1.807, 2.05) is 12.1 Å². The van der Waals surface area contributed by atoms with Gasteiger partial charge in [0, 0.05) is 10.2 Å². The van der Waals surface area contributed by atoms with Gasteiger partial charge in [-0.2, -0.15) is 0 Å². The Morgan fingerprint density at radius 1 is 1.17 bits per heavy atom. The minimum Gasteiger partial charge on any atom is -0.495 e. The van der Waals surface area contributed by atoms with Gasteiger partial charge in [-0.25, -0.2) is 0 Å². The molecule has 0 saturated heterocycles. The molecule has 3 N–H and O–H groups in total. The van der Waals surface area contributed by atoms with E-state index in [0.29, 0.717) is 22.9 Å². The monoisotopic (exact) mass is 378 g/mol. The van der Waals surface area contributed by atoms with Gasteiger partial charge < -0.3 is 20.5 Å². The molecule has 5 nitrogen and oxygen atoms in total. The second kappa shape index (κ2) is 6.91. The van der Waals surface area contributed by atoms with Gasteiger partial charge in [0.15, 0.2) is 5.60 Å². The van der Waals surface area contributed by atoms with E-state index in [-0.39, 0.29) is 5.91 Å². The summed E-state index contributed by atoms with van der Waals surface area (Å²) >= 11 is 3.36. The van der Waals surface area contributed by atoms with Crippen LogP contribution in [0.5, 0.6) is 11.5 Å². The van der Waals surface area contributed by atoms with Crippen LogP contribution < -0.4 is 20.5 Å². The summed E-state index contributed by atoms with van der Waals surface area (Å²) in [4.78, 5) is 12.5. The summed E-state index contributed by atoms with van der Waals surface area (Å²) in [5, 5.41) is 2.80. The van der Waals surface area contributed by atoms with Crippen LogP contribution in [0.4, 0.5) is 11.4 Å². The highest BCUT2D eigenvalue weighted by Crippen LogP contribution is 2.28. The molecule has 0 aliphatic carbocycles. The van der Waals surface area contributed by atoms with E-state index in [4.69, 9.17) is 15.2 Å². The van der Waals surface area contributed by atoms with Gasteiger partial charge in [-0.3, -0.25) is 4.79 Å². The van der Waals surface area contributed by atoms with E-state index >= 15 is 0 Å². The van der Waals surface area contributed by atoms with Crippen molar-refractivity contribution in [1.29, 1.82) is 0 Å². The minimum absolute atomic E-state index is 0.302. The number of nitrogen functional groups attached to an aromatic ring is 1. The van der Waals surface area contributed by atoms with Crippen molar-refractivity contribution in [3.8, 4) is 11.5 Å². The van der Waals surface area contributed by atoms with Crippen LogP contribution in [0, 0.1) is 0 Å². The molecule has 23 heavy (non-hydrogen) atoms. The first-order chi connectivity index (χ1) is 10.8. The lowest BCUT2D eigenvalue weighted by atomic mass is 10.1. The number of methoxy groups -OCH3 is 1. The van der Waals surface area contributed by atoms with Gasteiger partial charge in [-0.05, 0) is 56.3 Å². The van der Waals surface area contributed by atoms with Gasteiger partial charge in [0.1, 0.15) is 11.5 Å². The van der Waals surface area contributed by atoms with E-state index in [1.165, 1.54) is 7.11 Å². The van der Waals surface area contributed by atoms with E-state index in [0.717, 1.165) is 4.47 Å². The molecule has 0 aromatic heterocycles. The molecule has 0 fully saturated rings. The van der Waals surface area contributed by atoms with Crippen molar-refractivity contribution in [3.05, 3.63) is 46.9 Å². The second-order valence-electron chi connectivity index (χ2n) is 5.48. The van der Waals surface area contributed by atoms with Gasteiger partial charge in [0.2, 0.25) is 0 Å². The van der Waals surface area contributed by atoms with Crippen molar-refractivity contribution in [2.45, 2.75) is 19.4 Å². The van der Waals surface area contributed by atoms with Crippen molar-refractivity contribution < 1.29 is 14.3 Å². The lowest BCUT2D eigenvalue weighted by Gasteiger charge is -2.25. The topological polar surface area (TPSA) is 73.6 Å². The van der Waals surface area contributed by atoms with Crippen LogP contribution in [0.3, 0.4) is 0 Å². The summed E-state index contributed by atoms with van der Waals surface area (Å²) in [5.74, 6) is 0.837. The molecule has 2 rings (SSSR count). The third kappa shape index (κ3) is 4.39. The van der Waals surface area contributed by atoms with Crippen LogP contribution in [0.2, 0.25) is 0 Å². The third-order valence-electron chi connectivity index (χ3n) is 3.21. The Morgan fingerprint density at radius 3 is 2.43 bits per heavy atom. The molecule has 2 aromatic rings. The standard InChI is InChI=1S/C17H19BrN2O3/c1-17(2,23-13-7-4-11(18)5-8-13)16(21)20-14-10-12(19)6-9-15(14)22-3/h4-10H,19H2,1-3H3,(H,20,21). The summed E-state index contributed by atoms with van der Waals surface area (Å²) in [6, 6.07) is 12.3. The lowest BCUT2D eigenvalue weighted by Crippen LogP contribution is -2.42. The molecule has 0 spiro atoms. The molecule has 0 saturated carbocycles. The lowest BCUT2D eigenvalue weighted by molar-refractivity contribution is -0.128. The average molecular weight is 379 g/mol. The number of carbonyl (C=O) groups is 1. The van der Waals surface area contributed by atoms with Gasteiger partial charge >= 0.3 is 0 Å². The molecule has 1 amide bonds. The summed E-state index contributed by atoms with van der Waals surface area (Å²) in [7, 11) is 1.53. The Morgan fingerprint density at radius 2 is 1.83 bits per heavy atom. The normalized spacial score (nSPS) is 11.0. The summed E-state index contributed by atoms with van der Waals surface area (Å²) < 4.78 is 12.0. The number of amides is 1. The molecular weight excluding hydrogens is 360 g/mol. The van der Waals surface area contributed by atoms with Crippen LogP contribution in [0.25, 0.3) is 0 Å². The van der Waals surface area contributed by atoms with Crippen molar-refractivity contribution in [2.75, 3.05) is 18.2 Å². The van der Waals surface area contributed by atoms with Crippen LogP contribution in [0.15, 0.2) is 46.9 Å². The molecule has 0 heterocycles. The molecule has 2 aromatic carbocycles. The maximum absolute atomic E-state index is 12.5. The fraction of sp³-hybridized carbons (Fsp3) is 0.235. The summed E-state index contributed by atoms with van der Waals surface area (Å²) in [6.07, 6.45) is 0. The summed E-state index contributed by atoms with van der Waals surface area (Å²) in [5.41, 5.74) is 5.74. The number of anilines is 2. The maximum atomic E-state index is 12.5. The van der Waals surface area contributed by atoms with E-state index < -0.39 is 5.60 Å². The SMILES string of the molecule is COc1ccc(N)cc1NC(=O)C(C)(C)Oc1ccc(Br)cc1. The number of hydrogen-bond donors (Lipinski definition) is 2. The maximum Gasteiger partial charge on any atom is 0.268 e. The van der Waals surface area contributed by atoms with Gasteiger partial charge in [0.05, 0.1) is 12.8 Å². The molecule has 0 aliphatic heterocycles. The van der Waals surface area contributed by atoms with Gasteiger partial charge in [-0.1, -0.05) is 15.9 Å². The molecule has 0 radical (unpaired) electrons. The minimum atomic E-state index is -1.07. The van der Waals surface area contributed by atoms with Crippen molar-refractivity contribution >= 4 is 33.2 Å². The fourth-order valence-electron chi connectivity index (χ4n) is 1.94. The Hall–Kier alpha value is -2.21. The molecule has 0 unspecified atom stereocenters. The van der Waals surface area contributed by atoms with Crippen molar-refractivity contribution in [3.63, 3.8) is 0 Å². The first-order valence-electron chi connectivity index (χ1n) is 7.01. The number of benzene rings is 2. The highest BCUT2D eigenvalue weighted by molar-refractivity contribution is 9.10. The zero-order chi connectivity index (χ0) is 17.0. The Balaban J connectivity index is 2.15. The number of nitrogens with one attached hydrogen (secondary N) is 1. The molecule has 0 aliphatic rings. The number of carbonyl (C=O) groups excluding carboxylic acids is 1. The van der Waals surface area contributed by atoms with Crippen LogP contribution in [-0.4, -0.2) is 18.6 Å². The first-order valence-corrected chi connectivity index (χ1v) is 7.80. The molecule has 0 bridgehead atoms. The summed E-state index contributed by atoms with van der Waals surface area (Å²) in [6.45, 7) is 3.40. The second-order valence-corrected chi connectivity index (χ2v) is 6.40. The highest BCUT2D eigenvalue weighted by Gasteiger charge is 2.30. The predicted molar refractivity (Wildman–Crippen MR) is 94.9 cm³/mol. The Labute approximate surface area is 143 Å². The van der Waals surface area contributed by atoms with Crippen molar-refractivity contribution in [1.82, 2.24) is 0 Å². The first kappa shape index (κ1) is 17.1. The smallest absolute Gasteiger partial charge is 0.268 e. The average Bonchev–Trinajstić information content (AvgIpc) is 2.49. The van der Waals surface area contributed by atoms with E-state index in [2.05, 4.69) is 21.2 Å². The van der Waals surface area contributed by atoms with Crippen LogP contribution in [0.1, 0.15) is 13.8 Å². The number of ether oxygens (including phenoxy) is 2.